The minimum Gasteiger partial charge on any atom is -0.346 e. The van der Waals surface area contributed by atoms with Crippen LogP contribution in [0.15, 0.2) is 28.8 Å². The van der Waals surface area contributed by atoms with Crippen LogP contribution >= 0.6 is 24.0 Å². The summed E-state index contributed by atoms with van der Waals surface area (Å²) in [7, 11) is 0. The molecule has 1 amide bonds. The van der Waals surface area contributed by atoms with Gasteiger partial charge in [0.2, 0.25) is 11.8 Å². The van der Waals surface area contributed by atoms with Crippen LogP contribution in [0.5, 0.6) is 0 Å². The predicted octanol–water partition coefficient (Wildman–Crippen LogP) is 1.31. The second kappa shape index (κ2) is 7.84. The zero-order valence-corrected chi connectivity index (χ0v) is 12.1. The zero-order chi connectivity index (χ0) is 13.7. The summed E-state index contributed by atoms with van der Waals surface area (Å²) in [6.45, 7) is 0.103. The molecule has 3 N–H and O–H groups in total. The third-order valence-electron chi connectivity index (χ3n) is 2.44. The number of nitrogens with zero attached hydrogens (tertiary/aromatic N) is 2. The highest BCUT2D eigenvalue weighted by molar-refractivity contribution is 6.31. The average molecular weight is 317 g/mol. The standard InChI is InChI=1S/C12H13ClN4O2.ClH/c13-9-4-2-1-3-8(9)5-10-16-12(19-17-10)7-15-11(18)6-14;/h1-4H,5-7,14H2,(H,15,18);1H. The van der Waals surface area contributed by atoms with Gasteiger partial charge in [0.1, 0.15) is 0 Å². The van der Waals surface area contributed by atoms with E-state index in [4.69, 9.17) is 21.9 Å². The number of benzene rings is 1. The fraction of sp³-hybridized carbons (Fsp3) is 0.250. The van der Waals surface area contributed by atoms with E-state index < -0.39 is 0 Å². The molecule has 1 aromatic carbocycles. The third kappa shape index (κ3) is 4.48. The molecule has 0 fully saturated rings. The first kappa shape index (κ1) is 16.4. The van der Waals surface area contributed by atoms with Crippen molar-refractivity contribution in [2.75, 3.05) is 6.54 Å². The molecule has 0 bridgehead atoms. The van der Waals surface area contributed by atoms with Gasteiger partial charge in [0.05, 0.1) is 13.1 Å². The van der Waals surface area contributed by atoms with Gasteiger partial charge in [-0.05, 0) is 11.6 Å². The second-order valence-electron chi connectivity index (χ2n) is 3.85. The van der Waals surface area contributed by atoms with Gasteiger partial charge in [-0.3, -0.25) is 4.79 Å². The molecule has 8 heteroatoms. The lowest BCUT2D eigenvalue weighted by atomic mass is 10.1. The molecule has 0 aliphatic heterocycles. The number of hydrogen-bond donors (Lipinski definition) is 2. The smallest absolute Gasteiger partial charge is 0.246 e. The first-order valence-corrected chi connectivity index (χ1v) is 6.08. The normalized spacial score (nSPS) is 9.90. The molecule has 1 aromatic heterocycles. The SMILES string of the molecule is Cl.NCC(=O)NCc1nc(Cc2ccccc2Cl)no1. The topological polar surface area (TPSA) is 94.0 Å². The number of amides is 1. The third-order valence-corrected chi connectivity index (χ3v) is 2.81. The molecule has 0 unspecified atom stereocenters. The zero-order valence-electron chi connectivity index (χ0n) is 10.5. The summed E-state index contributed by atoms with van der Waals surface area (Å²) in [5.41, 5.74) is 6.09. The number of rotatable bonds is 5. The molecule has 6 nitrogen and oxygen atoms in total. The minimum absolute atomic E-state index is 0. The van der Waals surface area contributed by atoms with Crippen molar-refractivity contribution in [3.05, 3.63) is 46.6 Å². The van der Waals surface area contributed by atoms with Gasteiger partial charge in [-0.15, -0.1) is 12.4 Å². The van der Waals surface area contributed by atoms with Crippen LogP contribution in [-0.4, -0.2) is 22.6 Å². The summed E-state index contributed by atoms with van der Waals surface area (Å²) >= 11 is 6.05. The van der Waals surface area contributed by atoms with Crippen LogP contribution < -0.4 is 11.1 Å². The summed E-state index contributed by atoms with van der Waals surface area (Å²) in [6.07, 6.45) is 0.480. The Kier molecular flexibility index (Phi) is 6.44. The predicted molar refractivity (Wildman–Crippen MR) is 76.7 cm³/mol. The van der Waals surface area contributed by atoms with Gasteiger partial charge in [0, 0.05) is 11.4 Å². The van der Waals surface area contributed by atoms with E-state index in [1.807, 2.05) is 18.2 Å². The lowest BCUT2D eigenvalue weighted by molar-refractivity contribution is -0.120. The van der Waals surface area contributed by atoms with Gasteiger partial charge < -0.3 is 15.6 Å². The van der Waals surface area contributed by atoms with Gasteiger partial charge in [0.25, 0.3) is 0 Å². The lowest BCUT2D eigenvalue weighted by Crippen LogP contribution is -2.29. The van der Waals surface area contributed by atoms with Crippen molar-refractivity contribution in [2.24, 2.45) is 5.73 Å². The summed E-state index contributed by atoms with van der Waals surface area (Å²) in [6, 6.07) is 7.45. The van der Waals surface area contributed by atoms with Crippen LogP contribution in [0, 0.1) is 0 Å². The molecule has 0 saturated heterocycles. The maximum Gasteiger partial charge on any atom is 0.246 e. The summed E-state index contributed by atoms with van der Waals surface area (Å²) < 4.78 is 5.01. The van der Waals surface area contributed by atoms with Gasteiger partial charge in [-0.2, -0.15) is 4.98 Å². The molecule has 1 heterocycles. The Morgan fingerprint density at radius 3 is 2.85 bits per heavy atom. The molecule has 2 rings (SSSR count). The van der Waals surface area contributed by atoms with Crippen molar-refractivity contribution in [3.8, 4) is 0 Å². The van der Waals surface area contributed by atoms with Gasteiger partial charge in [0.15, 0.2) is 5.82 Å². The van der Waals surface area contributed by atoms with Crippen LogP contribution in [0.4, 0.5) is 0 Å². The van der Waals surface area contributed by atoms with E-state index in [1.165, 1.54) is 0 Å². The Balaban J connectivity index is 0.00000200. The molecule has 2 aromatic rings. The van der Waals surface area contributed by atoms with E-state index >= 15 is 0 Å². The van der Waals surface area contributed by atoms with Crippen LogP contribution in [0.2, 0.25) is 5.02 Å². The Bertz CT molecular complexity index is 574. The fourth-order valence-electron chi connectivity index (χ4n) is 1.49. The fourth-order valence-corrected chi connectivity index (χ4v) is 1.69. The Morgan fingerprint density at radius 2 is 2.15 bits per heavy atom. The van der Waals surface area contributed by atoms with E-state index in [2.05, 4.69) is 15.5 Å². The first-order valence-electron chi connectivity index (χ1n) is 5.70. The number of carbonyl (C=O) groups excluding carboxylic acids is 1. The minimum atomic E-state index is -0.272. The quantitative estimate of drug-likeness (QED) is 0.867. The maximum atomic E-state index is 11.0. The highest BCUT2D eigenvalue weighted by Gasteiger charge is 2.09. The van der Waals surface area contributed by atoms with Gasteiger partial charge in [-0.25, -0.2) is 0 Å². The van der Waals surface area contributed by atoms with E-state index in [-0.39, 0.29) is 31.4 Å². The van der Waals surface area contributed by atoms with E-state index in [0.717, 1.165) is 5.56 Å². The maximum absolute atomic E-state index is 11.0. The Labute approximate surface area is 127 Å². The number of hydrogen-bond acceptors (Lipinski definition) is 5. The van der Waals surface area contributed by atoms with E-state index in [0.29, 0.717) is 23.2 Å². The van der Waals surface area contributed by atoms with E-state index in [9.17, 15) is 4.79 Å². The summed E-state index contributed by atoms with van der Waals surface area (Å²) in [5, 5.41) is 7.04. The average Bonchev–Trinajstić information content (AvgIpc) is 2.86. The molecule has 108 valence electrons. The summed E-state index contributed by atoms with van der Waals surface area (Å²) in [4.78, 5) is 15.1. The molecular weight excluding hydrogens is 303 g/mol. The van der Waals surface area contributed by atoms with Crippen LogP contribution in [0.25, 0.3) is 0 Å². The molecule has 0 atom stereocenters. The second-order valence-corrected chi connectivity index (χ2v) is 4.26. The van der Waals surface area contributed by atoms with Crippen LogP contribution in [0.1, 0.15) is 17.3 Å². The molecule has 0 aliphatic carbocycles. The van der Waals surface area contributed by atoms with Crippen molar-refractivity contribution in [1.82, 2.24) is 15.5 Å². The van der Waals surface area contributed by atoms with Crippen molar-refractivity contribution in [2.45, 2.75) is 13.0 Å². The molecule has 20 heavy (non-hydrogen) atoms. The number of carbonyl (C=O) groups is 1. The monoisotopic (exact) mass is 316 g/mol. The van der Waals surface area contributed by atoms with Crippen molar-refractivity contribution in [1.29, 1.82) is 0 Å². The first-order chi connectivity index (χ1) is 9.19. The van der Waals surface area contributed by atoms with Gasteiger partial charge >= 0.3 is 0 Å². The number of nitrogens with one attached hydrogen (secondary N) is 1. The van der Waals surface area contributed by atoms with Crippen molar-refractivity contribution >= 4 is 29.9 Å². The van der Waals surface area contributed by atoms with Crippen LogP contribution in [0.3, 0.4) is 0 Å². The molecule has 0 radical (unpaired) electrons. The highest BCUT2D eigenvalue weighted by atomic mass is 35.5. The van der Waals surface area contributed by atoms with Crippen molar-refractivity contribution < 1.29 is 9.32 Å². The lowest BCUT2D eigenvalue weighted by Gasteiger charge is -1.99. The van der Waals surface area contributed by atoms with Crippen molar-refractivity contribution in [3.63, 3.8) is 0 Å². The largest absolute Gasteiger partial charge is 0.346 e. The molecule has 0 spiro atoms. The van der Waals surface area contributed by atoms with Gasteiger partial charge in [-0.1, -0.05) is 35.0 Å². The van der Waals surface area contributed by atoms with Crippen LogP contribution in [-0.2, 0) is 17.8 Å². The molecule has 0 saturated carbocycles. The number of halogens is 2. The van der Waals surface area contributed by atoms with E-state index in [1.54, 1.807) is 6.07 Å². The highest BCUT2D eigenvalue weighted by Crippen LogP contribution is 2.17. The Hall–Kier alpha value is -1.63. The number of aromatic nitrogens is 2. The molecule has 0 aliphatic rings. The Morgan fingerprint density at radius 1 is 1.40 bits per heavy atom. The summed E-state index contributed by atoms with van der Waals surface area (Å²) in [5.74, 6) is 0.583. The number of nitrogens with two attached hydrogens (primary N) is 1. The molecular formula is C12H14Cl2N4O2.